The Labute approximate surface area is 119 Å². The average Bonchev–Trinajstić information content (AvgIpc) is 2.67. The number of urea groups is 1. The van der Waals surface area contributed by atoms with Crippen molar-refractivity contribution in [2.24, 2.45) is 5.92 Å². The van der Waals surface area contributed by atoms with Crippen molar-refractivity contribution in [3.8, 4) is 0 Å². The number of hydrogen-bond acceptors (Lipinski definition) is 2. The number of hydrogen-bond donors (Lipinski definition) is 2. The van der Waals surface area contributed by atoms with Gasteiger partial charge in [0, 0.05) is 0 Å². The molecule has 2 unspecified atom stereocenters. The molecule has 2 N–H and O–H groups in total. The van der Waals surface area contributed by atoms with Crippen molar-refractivity contribution in [3.05, 3.63) is 16.0 Å². The van der Waals surface area contributed by atoms with Crippen LogP contribution in [0.3, 0.4) is 0 Å². The minimum absolute atomic E-state index is 0.134. The fraction of sp³-hybridized carbons (Fsp3) is 0.571. The normalized spacial score (nSPS) is 21.6. The van der Waals surface area contributed by atoms with E-state index >= 15 is 0 Å². The van der Waals surface area contributed by atoms with Gasteiger partial charge >= 0.3 is 119 Å². The maximum atomic E-state index is 11.7. The van der Waals surface area contributed by atoms with Crippen LogP contribution >= 0.6 is 11.3 Å². The molecule has 1 aromatic rings. The molecule has 0 radical (unpaired) electrons. The van der Waals surface area contributed by atoms with E-state index in [1.54, 1.807) is 11.3 Å². The summed E-state index contributed by atoms with van der Waals surface area (Å²) in [5, 5.41) is 6.66. The van der Waals surface area contributed by atoms with Gasteiger partial charge in [-0.25, -0.2) is 0 Å². The third kappa shape index (κ3) is 2.91. The van der Waals surface area contributed by atoms with Crippen LogP contribution in [0.2, 0.25) is 0 Å². The van der Waals surface area contributed by atoms with Gasteiger partial charge in [0.25, 0.3) is 0 Å². The summed E-state index contributed by atoms with van der Waals surface area (Å²) >= 11 is 1.71. The number of thiophene rings is 1. The standard InChI is InChI=1S/C14H21BN2OS/c1-4-16-14(18)17-13-11(7-15)10-6-8(2)5-9(3)12(10)19-13/h7-9,15H,4-6H2,1-3H3,(H2,16,17,18). The topological polar surface area (TPSA) is 41.1 Å². The number of nitrogens with one attached hydrogen (secondary N) is 2. The van der Waals surface area contributed by atoms with Gasteiger partial charge in [-0.05, 0) is 0 Å². The van der Waals surface area contributed by atoms with E-state index in [1.165, 1.54) is 16.9 Å². The summed E-state index contributed by atoms with van der Waals surface area (Å²) in [6, 6.07) is -0.134. The van der Waals surface area contributed by atoms with Crippen molar-refractivity contribution in [1.82, 2.24) is 5.32 Å². The molecule has 2 atom stereocenters. The van der Waals surface area contributed by atoms with Gasteiger partial charge in [-0.15, -0.1) is 0 Å². The van der Waals surface area contributed by atoms with E-state index in [0.29, 0.717) is 18.4 Å². The molecule has 2 amide bonds. The molecule has 0 spiro atoms. The predicted octanol–water partition coefficient (Wildman–Crippen LogP) is 2.63. The van der Waals surface area contributed by atoms with Crippen LogP contribution in [0.1, 0.15) is 49.1 Å². The zero-order chi connectivity index (χ0) is 14.0. The third-order valence-electron chi connectivity index (χ3n) is 3.60. The molecule has 5 heteroatoms. The van der Waals surface area contributed by atoms with Crippen LogP contribution in [0.5, 0.6) is 0 Å². The number of fused-ring (bicyclic) bond motifs is 1. The quantitative estimate of drug-likeness (QED) is 0.819. The van der Waals surface area contributed by atoms with Crippen LogP contribution in [0.15, 0.2) is 0 Å². The molecule has 0 aliphatic heterocycles. The fourth-order valence-corrected chi connectivity index (χ4v) is 4.16. The first-order chi connectivity index (χ1) is 9.06. The summed E-state index contributed by atoms with van der Waals surface area (Å²) in [6.45, 7) is 7.11. The van der Waals surface area contributed by atoms with Gasteiger partial charge in [0.15, 0.2) is 0 Å². The first-order valence-electron chi connectivity index (χ1n) is 6.89. The first kappa shape index (κ1) is 14.3. The van der Waals surface area contributed by atoms with E-state index in [-0.39, 0.29) is 6.03 Å². The van der Waals surface area contributed by atoms with Gasteiger partial charge in [-0.1, -0.05) is 0 Å². The van der Waals surface area contributed by atoms with Crippen molar-refractivity contribution >= 4 is 35.8 Å². The Bertz CT molecular complexity index is 498. The molecule has 102 valence electrons. The monoisotopic (exact) mass is 276 g/mol. The minimum atomic E-state index is -0.134. The van der Waals surface area contributed by atoms with E-state index in [1.807, 2.05) is 12.9 Å². The summed E-state index contributed by atoms with van der Waals surface area (Å²) in [6.07, 6.45) is 2.32. The molecule has 3 nitrogen and oxygen atoms in total. The number of rotatable bonds is 3. The van der Waals surface area contributed by atoms with Crippen LogP contribution in [0.25, 0.3) is 0 Å². The third-order valence-corrected chi connectivity index (χ3v) is 5.00. The van der Waals surface area contributed by atoms with E-state index in [0.717, 1.165) is 17.0 Å². The average molecular weight is 276 g/mol. The van der Waals surface area contributed by atoms with Crippen LogP contribution in [-0.4, -0.2) is 26.0 Å². The molecule has 0 bridgehead atoms. The molecule has 1 aliphatic rings. The SMILES string of the molecule is B=Cc1c(NC(=O)NCC)sc2c1CC(C)CC2C. The molecule has 19 heavy (non-hydrogen) atoms. The van der Waals surface area contributed by atoms with Crippen LogP contribution in [0.4, 0.5) is 9.80 Å². The van der Waals surface area contributed by atoms with Crippen molar-refractivity contribution in [1.29, 1.82) is 0 Å². The summed E-state index contributed by atoms with van der Waals surface area (Å²) in [7, 11) is 3.91. The summed E-state index contributed by atoms with van der Waals surface area (Å²) in [4.78, 5) is 13.1. The molecule has 2 rings (SSSR count). The molecular weight excluding hydrogens is 255 g/mol. The molecule has 0 saturated carbocycles. The summed E-state index contributed by atoms with van der Waals surface area (Å²) in [5.74, 6) is 3.15. The fourth-order valence-electron chi connectivity index (χ4n) is 2.86. The van der Waals surface area contributed by atoms with Crippen molar-refractivity contribution in [2.45, 2.75) is 39.5 Å². The first-order valence-corrected chi connectivity index (χ1v) is 7.71. The summed E-state index contributed by atoms with van der Waals surface area (Å²) in [5.41, 5.74) is 2.50. The predicted molar refractivity (Wildman–Crippen MR) is 85.2 cm³/mol. The Morgan fingerprint density at radius 3 is 2.89 bits per heavy atom. The molecule has 1 aromatic heterocycles. The van der Waals surface area contributed by atoms with Gasteiger partial charge in [0.2, 0.25) is 0 Å². The Morgan fingerprint density at radius 2 is 2.26 bits per heavy atom. The van der Waals surface area contributed by atoms with Crippen LogP contribution < -0.4 is 10.6 Å². The van der Waals surface area contributed by atoms with Crippen molar-refractivity contribution in [2.75, 3.05) is 11.9 Å². The van der Waals surface area contributed by atoms with Crippen LogP contribution in [-0.2, 0) is 6.42 Å². The molecule has 1 aliphatic carbocycles. The van der Waals surface area contributed by atoms with Gasteiger partial charge in [-0.2, -0.15) is 0 Å². The molecular formula is C14H21BN2OS. The molecule has 0 saturated heterocycles. The summed E-state index contributed by atoms with van der Waals surface area (Å²) < 4.78 is 0. The number of carbonyl (C=O) groups excluding carboxylic acids is 1. The zero-order valence-electron chi connectivity index (χ0n) is 11.9. The second kappa shape index (κ2) is 5.91. The second-order valence-corrected chi connectivity index (χ2v) is 6.37. The number of carbonyl (C=O) groups is 1. The zero-order valence-corrected chi connectivity index (χ0v) is 12.7. The Hall–Kier alpha value is -1.10. The number of anilines is 1. The Kier molecular flexibility index (Phi) is 4.45. The molecule has 1 heterocycles. The van der Waals surface area contributed by atoms with Gasteiger partial charge < -0.3 is 0 Å². The Morgan fingerprint density at radius 1 is 1.53 bits per heavy atom. The van der Waals surface area contributed by atoms with E-state index in [9.17, 15) is 4.79 Å². The van der Waals surface area contributed by atoms with Gasteiger partial charge in [0.05, 0.1) is 0 Å². The maximum absolute atomic E-state index is 11.7. The van der Waals surface area contributed by atoms with E-state index in [2.05, 4.69) is 32.0 Å². The van der Waals surface area contributed by atoms with Gasteiger partial charge in [-0.3, -0.25) is 0 Å². The molecule has 0 aromatic carbocycles. The molecule has 0 fully saturated rings. The van der Waals surface area contributed by atoms with E-state index in [4.69, 9.17) is 0 Å². The Balaban J connectivity index is 2.33. The van der Waals surface area contributed by atoms with Crippen LogP contribution in [0, 0.1) is 5.92 Å². The van der Waals surface area contributed by atoms with E-state index < -0.39 is 0 Å². The second-order valence-electron chi connectivity index (χ2n) is 5.32. The van der Waals surface area contributed by atoms with Gasteiger partial charge in [0.1, 0.15) is 0 Å². The van der Waals surface area contributed by atoms with Crippen molar-refractivity contribution in [3.63, 3.8) is 0 Å². The number of amides is 2. The van der Waals surface area contributed by atoms with Crippen molar-refractivity contribution < 1.29 is 4.79 Å².